The number of pyridine rings is 1. The molecule has 0 aliphatic heterocycles. The van der Waals surface area contributed by atoms with Crippen molar-refractivity contribution in [2.45, 2.75) is 116 Å². The summed E-state index contributed by atoms with van der Waals surface area (Å²) in [7, 11) is 0. The van der Waals surface area contributed by atoms with E-state index in [1.165, 1.54) is 124 Å². The van der Waals surface area contributed by atoms with Gasteiger partial charge in [-0.25, -0.2) is 0 Å². The van der Waals surface area contributed by atoms with E-state index in [0.29, 0.717) is 0 Å². The Hall–Kier alpha value is -2.47. The van der Waals surface area contributed by atoms with Gasteiger partial charge in [0.2, 0.25) is 5.52 Å². The van der Waals surface area contributed by atoms with Gasteiger partial charge in [-0.05, 0) is 29.3 Å². The zero-order valence-electron chi connectivity index (χ0n) is 27.8. The van der Waals surface area contributed by atoms with Crippen LogP contribution >= 0.6 is 0 Å². The molecular weight excluding hydrogens is 722 g/mol. The molecule has 0 aliphatic carbocycles. The molecule has 0 saturated carbocycles. The van der Waals surface area contributed by atoms with Gasteiger partial charge in [0.15, 0.2) is 12.7 Å². The molecule has 1 heterocycles. The Balaban J connectivity index is 0.000000771. The van der Waals surface area contributed by atoms with Gasteiger partial charge in [-0.1, -0.05) is 152 Å². The van der Waals surface area contributed by atoms with Crippen molar-refractivity contribution in [2.75, 3.05) is 6.61 Å². The van der Waals surface area contributed by atoms with E-state index in [2.05, 4.69) is 90.5 Å². The molecule has 47 heavy (non-hydrogen) atoms. The van der Waals surface area contributed by atoms with Gasteiger partial charge in [0.25, 0.3) is 0 Å². The molecule has 3 aromatic carbocycles. The fourth-order valence-corrected chi connectivity index (χ4v) is 5.98. The summed E-state index contributed by atoms with van der Waals surface area (Å²) in [5.74, 6) is 1.01. The Labute approximate surface area is 279 Å². The van der Waals surface area contributed by atoms with Gasteiger partial charge < -0.3 is 4.74 Å². The Morgan fingerprint density at radius 3 is 1.62 bits per heavy atom. The normalized spacial score (nSPS) is 13.2. The summed E-state index contributed by atoms with van der Waals surface area (Å²) in [5, 5.41) is 3.82. The van der Waals surface area contributed by atoms with E-state index in [4.69, 9.17) is 4.74 Å². The van der Waals surface area contributed by atoms with Crippen molar-refractivity contribution in [3.05, 3.63) is 84.6 Å². The van der Waals surface area contributed by atoms with Gasteiger partial charge >= 0.3 is 36.4 Å². The Morgan fingerprint density at radius 2 is 1.02 bits per heavy atom. The molecule has 0 fully saturated rings. The fourth-order valence-electron chi connectivity index (χ4n) is 5.98. The number of ether oxygens (including phenoxy) is 1. The zero-order chi connectivity index (χ0) is 34.1. The summed E-state index contributed by atoms with van der Waals surface area (Å²) in [6.45, 7) is 3.95. The van der Waals surface area contributed by atoms with E-state index in [0.717, 1.165) is 25.3 Å². The van der Waals surface area contributed by atoms with Gasteiger partial charge in [-0.2, -0.15) is 4.57 Å². The molecule has 0 saturated heterocycles. The summed E-state index contributed by atoms with van der Waals surface area (Å²) in [6.07, 6.45) is 24.5. The van der Waals surface area contributed by atoms with Crippen LogP contribution in [0, 0.1) is 0 Å². The zero-order valence-corrected chi connectivity index (χ0v) is 30.4. The van der Waals surface area contributed by atoms with Gasteiger partial charge in [0.1, 0.15) is 5.75 Å². The number of hydrogen-bond donors (Lipinski definition) is 0. The van der Waals surface area contributed by atoms with Crippen LogP contribution in [-0.4, -0.2) is 26.1 Å². The van der Waals surface area contributed by atoms with Crippen molar-refractivity contribution < 1.29 is 26.2 Å². The first-order chi connectivity index (χ1) is 22.3. The number of rotatable bonds is 20. The number of hydrogen-bond acceptors (Lipinski definition) is 1. The second kappa shape index (κ2) is 18.3. The second-order valence-corrected chi connectivity index (χ2v) is 18.0. The molecule has 1 aromatic heterocycles. The standard InChI is InChI=1S/C38H52NO.6FH.Sb/c1-2-3-4-5-6-7-8-9-10-11-12-13-14-15-16-19-31-40-38-29-21-28-37-36(38)27-22-30-39(37)32-34-25-20-24-33-23-17-18-26-35(33)34;;;;;;;/h17-18,20-30H,2-16,19,31-32H2,1H3;6*1H;/q+1;;;;;;;+5/p-6. The molecule has 0 spiro atoms. The van der Waals surface area contributed by atoms with E-state index in [-0.39, 0.29) is 0 Å². The first-order valence-electron chi connectivity index (χ1n) is 17.4. The minimum absolute atomic E-state index is 0.801. The minimum atomic E-state index is -11.2. The topological polar surface area (TPSA) is 13.1 Å². The van der Waals surface area contributed by atoms with Crippen molar-refractivity contribution in [3.8, 4) is 5.75 Å². The van der Waals surface area contributed by atoms with Crippen LogP contribution in [0.2, 0.25) is 0 Å². The van der Waals surface area contributed by atoms with Crippen molar-refractivity contribution in [2.24, 2.45) is 0 Å². The predicted molar refractivity (Wildman–Crippen MR) is 185 cm³/mol. The van der Waals surface area contributed by atoms with Crippen LogP contribution in [0.5, 0.6) is 5.75 Å². The molecule has 0 aliphatic rings. The summed E-state index contributed by atoms with van der Waals surface area (Å²) in [6, 6.07) is 26.1. The molecule has 2 nitrogen and oxygen atoms in total. The number of fused-ring (bicyclic) bond motifs is 2. The van der Waals surface area contributed by atoms with Crippen LogP contribution in [0.1, 0.15) is 115 Å². The fraction of sp³-hybridized carbons (Fsp3) is 0.500. The van der Waals surface area contributed by atoms with Crippen LogP contribution in [0.25, 0.3) is 21.7 Å². The van der Waals surface area contributed by atoms with Crippen LogP contribution in [0.4, 0.5) is 16.9 Å². The van der Waals surface area contributed by atoms with Crippen LogP contribution in [-0.2, 0) is 6.54 Å². The summed E-state index contributed by atoms with van der Waals surface area (Å²) in [4.78, 5) is 0. The first-order valence-corrected chi connectivity index (χ1v) is 23.2. The van der Waals surface area contributed by atoms with Gasteiger partial charge in [0, 0.05) is 17.7 Å². The number of benzene rings is 3. The predicted octanol–water partition coefficient (Wildman–Crippen LogP) is 13.1. The summed E-state index contributed by atoms with van der Waals surface area (Å²) < 4.78 is 68.2. The van der Waals surface area contributed by atoms with Gasteiger partial charge in [-0.3, -0.25) is 0 Å². The van der Waals surface area contributed by atoms with E-state index in [1.54, 1.807) is 0 Å². The third kappa shape index (κ3) is 17.5. The SMILES string of the molecule is CCCCCCCCCCCCCCCCCCOc1cccc2c1ccc[n+]2Cc1cccc2ccccc12.[F][Sb-]([F])([F])([F])([F])[F]. The number of unbranched alkanes of at least 4 members (excludes halogenated alkanes) is 15. The maximum atomic E-state index is 9.93. The third-order valence-corrected chi connectivity index (χ3v) is 8.36. The van der Waals surface area contributed by atoms with Gasteiger partial charge in [-0.15, -0.1) is 0 Å². The summed E-state index contributed by atoms with van der Waals surface area (Å²) >= 11 is -11.2. The molecule has 0 bridgehead atoms. The molecule has 0 radical (unpaired) electrons. The van der Waals surface area contributed by atoms with Crippen LogP contribution in [0.15, 0.2) is 79.0 Å². The van der Waals surface area contributed by atoms with Crippen molar-refractivity contribution >= 4 is 41.2 Å². The van der Waals surface area contributed by atoms with E-state index in [9.17, 15) is 16.9 Å². The van der Waals surface area contributed by atoms with Gasteiger partial charge in [0.05, 0.1) is 12.0 Å². The van der Waals surface area contributed by atoms with E-state index < -0.39 is 19.5 Å². The van der Waals surface area contributed by atoms with Crippen molar-refractivity contribution in [3.63, 3.8) is 0 Å². The van der Waals surface area contributed by atoms with E-state index >= 15 is 0 Å². The Kier molecular flexibility index (Phi) is 15.2. The van der Waals surface area contributed by atoms with Crippen molar-refractivity contribution in [1.82, 2.24) is 0 Å². The number of nitrogens with zero attached hydrogens (tertiary/aromatic N) is 1. The number of halogens is 6. The molecule has 0 N–H and O–H groups in total. The van der Waals surface area contributed by atoms with Crippen LogP contribution in [0.3, 0.4) is 0 Å². The molecule has 0 unspecified atom stereocenters. The second-order valence-electron chi connectivity index (χ2n) is 12.6. The molecular formula is C38H52F6NOSb. The average Bonchev–Trinajstić information content (AvgIpc) is 3.01. The summed E-state index contributed by atoms with van der Waals surface area (Å²) in [5.41, 5.74) is 2.56. The quantitative estimate of drug-likeness (QED) is 0.0377. The van der Waals surface area contributed by atoms with Crippen molar-refractivity contribution in [1.29, 1.82) is 0 Å². The number of aromatic nitrogens is 1. The Bertz CT molecular complexity index is 1480. The molecule has 4 rings (SSSR count). The van der Waals surface area contributed by atoms with Crippen LogP contribution < -0.4 is 9.30 Å². The Morgan fingerprint density at radius 1 is 0.532 bits per heavy atom. The molecule has 262 valence electrons. The molecule has 9 heteroatoms. The van der Waals surface area contributed by atoms with E-state index in [1.807, 2.05) is 0 Å². The molecule has 0 amide bonds. The molecule has 4 aromatic rings. The third-order valence-electron chi connectivity index (χ3n) is 8.36. The first kappa shape index (κ1) is 39.0. The monoisotopic (exact) mass is 773 g/mol. The average molecular weight is 775 g/mol. The maximum absolute atomic E-state index is 11.2. The molecule has 0 atom stereocenters.